The van der Waals surface area contributed by atoms with Crippen LogP contribution in [-0.4, -0.2) is 135 Å². The van der Waals surface area contributed by atoms with Gasteiger partial charge in [0, 0.05) is 122 Å². The Morgan fingerprint density at radius 2 is 1.13 bits per heavy atom. The third-order valence-electron chi connectivity index (χ3n) is 6.02. The first kappa shape index (κ1) is 66.2. The summed E-state index contributed by atoms with van der Waals surface area (Å²) in [4.78, 5) is 70.1. The summed E-state index contributed by atoms with van der Waals surface area (Å²) in [5, 5.41) is 23.3. The van der Waals surface area contributed by atoms with Crippen LogP contribution in [0.4, 0.5) is 0 Å². The number of ether oxygens (including phenoxy) is 1. The fourth-order valence-electron chi connectivity index (χ4n) is 3.08. The van der Waals surface area contributed by atoms with Crippen LogP contribution in [0.2, 0.25) is 49.6 Å². The molecule has 0 amide bonds. The fraction of sp³-hybridized carbons (Fsp3) is 0.258. The summed E-state index contributed by atoms with van der Waals surface area (Å²) in [5.74, 6) is -0.535. The topological polar surface area (TPSA) is 276 Å². The van der Waals surface area contributed by atoms with Crippen molar-refractivity contribution in [1.29, 1.82) is 0 Å². The van der Waals surface area contributed by atoms with E-state index in [9.17, 15) is 14.4 Å². The van der Waals surface area contributed by atoms with E-state index in [-0.39, 0.29) is 128 Å². The van der Waals surface area contributed by atoms with E-state index in [1.165, 1.54) is 31.9 Å². The van der Waals surface area contributed by atoms with Gasteiger partial charge >= 0.3 is 13.7 Å². The quantitative estimate of drug-likeness (QED) is 0.0376. The number of aldehydes is 2. The summed E-state index contributed by atoms with van der Waals surface area (Å²) in [7, 11) is 9.97. The SMILES string of the molecule is C[B]c1n[c-]c(C=O)cn1.C[B]c1n[c-]c(CN)cn1.C[B]c1ncc(C(=O)OC)c(Cl)n1.C[B]c1ncc(C=O)c(Cl)n1.C[B]c1ncc(CO)c(Cl)n1.O[B]O.[Y].[Y].[Y]. The maximum absolute atomic E-state index is 11.0. The molecule has 9 radical (unpaired) electrons. The third-order valence-corrected chi connectivity index (χ3v) is 6.94. The van der Waals surface area contributed by atoms with Gasteiger partial charge in [-0.3, -0.25) is 19.7 Å². The Kier molecular flexibility index (Phi) is 44.9. The normalized spacial score (nSPS) is 8.67. The molecule has 30 heteroatoms. The van der Waals surface area contributed by atoms with Gasteiger partial charge in [0.2, 0.25) is 21.8 Å². The Hall–Kier alpha value is -1.38. The van der Waals surface area contributed by atoms with E-state index in [2.05, 4.69) is 67.0 Å². The number of aliphatic hydroxyl groups is 1. The van der Waals surface area contributed by atoms with Crippen molar-refractivity contribution in [2.24, 2.45) is 5.73 Å². The van der Waals surface area contributed by atoms with Gasteiger partial charge in [-0.2, -0.15) is 0 Å². The molecule has 0 aliphatic carbocycles. The second kappa shape index (κ2) is 41.3. The van der Waals surface area contributed by atoms with Crippen LogP contribution < -0.4 is 34.4 Å². The van der Waals surface area contributed by atoms with Gasteiger partial charge in [0.25, 0.3) is 0 Å². The van der Waals surface area contributed by atoms with Crippen LogP contribution >= 0.6 is 34.8 Å². The van der Waals surface area contributed by atoms with Gasteiger partial charge in [-0.1, -0.05) is 93.1 Å². The molecule has 0 spiro atoms. The average Bonchev–Trinajstić information content (AvgIpc) is 3.27. The van der Waals surface area contributed by atoms with E-state index < -0.39 is 5.97 Å². The molecule has 0 atom stereocenters. The molecule has 5 aromatic rings. The monoisotopic (exact) mass is 1110 g/mol. The van der Waals surface area contributed by atoms with Gasteiger partial charge < -0.3 is 50.4 Å². The number of hydrogen-bond donors (Lipinski definition) is 4. The molecule has 18 nitrogen and oxygen atoms in total. The maximum Gasteiger partial charge on any atom is 0.482 e. The molecule has 5 aromatic heterocycles. The van der Waals surface area contributed by atoms with E-state index in [0.29, 0.717) is 69.6 Å². The summed E-state index contributed by atoms with van der Waals surface area (Å²) in [6, 6.07) is 0. The minimum absolute atomic E-state index is 0. The molecule has 0 bridgehead atoms. The number of methoxy groups -OCH3 is 1. The van der Waals surface area contributed by atoms with E-state index in [0.717, 1.165) is 5.56 Å². The first-order valence-corrected chi connectivity index (χ1v) is 17.4. The average molecular weight is 1110 g/mol. The molecule has 0 saturated heterocycles. The van der Waals surface area contributed by atoms with Crippen molar-refractivity contribution in [2.45, 2.75) is 47.3 Å². The van der Waals surface area contributed by atoms with Crippen molar-refractivity contribution < 1.29 is 132 Å². The number of carbonyl (C=O) groups excluding carboxylic acids is 3. The van der Waals surface area contributed by atoms with E-state index in [4.69, 9.17) is 55.7 Å². The Bertz CT molecular complexity index is 1950. The fourth-order valence-corrected chi connectivity index (χ4v) is 3.67. The van der Waals surface area contributed by atoms with E-state index in [1.807, 2.05) is 27.7 Å². The molecule has 0 saturated carbocycles. The maximum atomic E-state index is 11.0. The minimum atomic E-state index is -0.535. The Labute approximate surface area is 449 Å². The number of rotatable bonds is 10. The molecule has 5 heterocycles. The van der Waals surface area contributed by atoms with Crippen LogP contribution in [0.25, 0.3) is 0 Å². The summed E-state index contributed by atoms with van der Waals surface area (Å²) >= 11 is 17.0. The van der Waals surface area contributed by atoms with Crippen molar-refractivity contribution >= 4 is 126 Å². The smallest absolute Gasteiger partial charge is 0.465 e. The standard InChI is InChI=1S/C7H7BClN2O2.C6H7BClN2O.C6H5BClN2O.C6H8BN3.C6H5BN2O.BH2O2.3Y/c1-8-7-10-3-4(5(9)11-7)6(12)13-2;2*1-7-6-9-2-4(3-11)5(8)10-6;1-7-6-9-3-5(2-8)4-10-6;1-7-6-8-2-5(4-10)3-9-6;2-1-3;;;/h3H,1-2H3;2,11H,3H2,1H3;2-3H,1H3;3H,2,8H2,1H3;2,4H,1H3;2-3H;;;/q;;;2*-1;;;;. The molecule has 5 rings (SSSR count). The molecule has 305 valence electrons. The van der Waals surface area contributed by atoms with Crippen LogP contribution in [-0.2, 0) is 116 Å². The van der Waals surface area contributed by atoms with Gasteiger partial charge in [-0.05, 0) is 24.2 Å². The van der Waals surface area contributed by atoms with Crippen LogP contribution in [0.3, 0.4) is 0 Å². The number of hydrogen-bond acceptors (Lipinski definition) is 18. The number of esters is 1. The number of aromatic nitrogens is 10. The molecule has 0 aliphatic rings. The Balaban J connectivity index is -0.000000324. The predicted octanol–water partition coefficient (Wildman–Crippen LogP) is -2.31. The second-order valence-electron chi connectivity index (χ2n) is 9.76. The van der Waals surface area contributed by atoms with Gasteiger partial charge in [-0.25, -0.2) is 19.7 Å². The largest absolute Gasteiger partial charge is 0.482 e. The second-order valence-corrected chi connectivity index (χ2v) is 10.8. The number of carbonyl (C=O) groups is 3. The van der Waals surface area contributed by atoms with Crippen LogP contribution in [0.15, 0.2) is 31.0 Å². The zero-order valence-electron chi connectivity index (χ0n) is 33.8. The van der Waals surface area contributed by atoms with E-state index in [1.54, 1.807) is 49.0 Å². The van der Waals surface area contributed by atoms with Gasteiger partial charge in [0.15, 0.2) is 6.29 Å². The number of aliphatic hydroxyl groups excluding tert-OH is 1. The molecule has 61 heavy (non-hydrogen) atoms. The first-order chi connectivity index (χ1) is 27.9. The van der Waals surface area contributed by atoms with Gasteiger partial charge in [0.05, 0.1) is 42.7 Å². The summed E-state index contributed by atoms with van der Waals surface area (Å²) < 4.78 is 4.48. The zero-order chi connectivity index (χ0) is 43.9. The summed E-state index contributed by atoms with van der Waals surface area (Å²) in [5.41, 5.74) is 10.5. The number of halogens is 3. The van der Waals surface area contributed by atoms with Crippen molar-refractivity contribution in [2.75, 3.05) is 7.11 Å². The predicted molar refractivity (Wildman–Crippen MR) is 225 cm³/mol. The molecule has 5 N–H and O–H groups in total. The van der Waals surface area contributed by atoms with Crippen molar-refractivity contribution in [3.05, 3.63) is 86.7 Å². The molecule has 0 unspecified atom stereocenters. The van der Waals surface area contributed by atoms with Crippen LogP contribution in [0, 0.1) is 12.4 Å². The first-order valence-electron chi connectivity index (χ1n) is 16.3. The number of nitrogens with two attached hydrogens (primary N) is 1. The molecule has 0 fully saturated rings. The molecular formula is C31H34B6Cl3N11O7Y3-2. The van der Waals surface area contributed by atoms with Crippen LogP contribution in [0.5, 0.6) is 0 Å². The number of nitrogens with zero attached hydrogens (tertiary/aromatic N) is 10. The van der Waals surface area contributed by atoms with E-state index >= 15 is 0 Å². The van der Waals surface area contributed by atoms with Crippen molar-refractivity contribution in [3.8, 4) is 0 Å². The van der Waals surface area contributed by atoms with Crippen LogP contribution in [0.1, 0.15) is 42.2 Å². The third kappa shape index (κ3) is 28.2. The summed E-state index contributed by atoms with van der Waals surface area (Å²) in [6.07, 6.45) is 14.0. The Morgan fingerprint density at radius 3 is 1.48 bits per heavy atom. The molecular weight excluding hydrogens is 1080 g/mol. The van der Waals surface area contributed by atoms with Crippen molar-refractivity contribution in [3.63, 3.8) is 0 Å². The minimum Gasteiger partial charge on any atom is -0.465 e. The summed E-state index contributed by atoms with van der Waals surface area (Å²) in [6.45, 7) is 9.43. The van der Waals surface area contributed by atoms with Gasteiger partial charge in [0.1, 0.15) is 35.6 Å². The zero-order valence-corrected chi connectivity index (χ0v) is 44.6. The Morgan fingerprint density at radius 1 is 0.689 bits per heavy atom. The molecule has 0 aromatic carbocycles. The van der Waals surface area contributed by atoms with Gasteiger partial charge in [-0.15, -0.1) is 5.56 Å². The van der Waals surface area contributed by atoms with Crippen molar-refractivity contribution in [1.82, 2.24) is 49.8 Å². The molecule has 0 aliphatic heterocycles.